The van der Waals surface area contributed by atoms with Crippen molar-refractivity contribution in [2.75, 3.05) is 4.90 Å². The predicted octanol–water partition coefficient (Wildman–Crippen LogP) is 2.50. The molecular weight excluding hydrogens is 295 g/mol. The summed E-state index contributed by atoms with van der Waals surface area (Å²) in [5.74, 6) is -0.849. The maximum atomic E-state index is 14.1. The van der Waals surface area contributed by atoms with Crippen molar-refractivity contribution in [1.29, 1.82) is 0 Å². The van der Waals surface area contributed by atoms with E-state index in [9.17, 15) is 14.0 Å². The van der Waals surface area contributed by atoms with Gasteiger partial charge in [0.1, 0.15) is 17.9 Å². The molecule has 2 unspecified atom stereocenters. The molecule has 1 N–H and O–H groups in total. The summed E-state index contributed by atoms with van der Waals surface area (Å²) in [4.78, 5) is 26.2. The van der Waals surface area contributed by atoms with Crippen LogP contribution in [0.5, 0.6) is 0 Å². The van der Waals surface area contributed by atoms with Crippen LogP contribution in [0.1, 0.15) is 26.2 Å². The minimum atomic E-state index is -0.694. The topological polar surface area (TPSA) is 49.4 Å². The average molecular weight is 311 g/mol. The summed E-state index contributed by atoms with van der Waals surface area (Å²) in [6, 6.07) is 2.81. The van der Waals surface area contributed by atoms with Crippen LogP contribution >= 0.6 is 11.6 Å². The number of nitrogens with one attached hydrogen (secondary N) is 1. The fraction of sp³-hybridized carbons (Fsp3) is 0.467. The van der Waals surface area contributed by atoms with Crippen LogP contribution in [0.3, 0.4) is 0 Å². The molecule has 1 aliphatic carbocycles. The predicted molar refractivity (Wildman–Crippen MR) is 77.6 cm³/mol. The van der Waals surface area contributed by atoms with Crippen molar-refractivity contribution in [3.63, 3.8) is 0 Å². The van der Waals surface area contributed by atoms with E-state index in [1.807, 2.05) is 0 Å². The Labute approximate surface area is 127 Å². The Morgan fingerprint density at radius 2 is 2.10 bits per heavy atom. The molecule has 2 atom stereocenters. The van der Waals surface area contributed by atoms with E-state index in [1.54, 1.807) is 6.92 Å². The quantitative estimate of drug-likeness (QED) is 0.932. The molecule has 3 rings (SSSR count). The second kappa shape index (κ2) is 5.30. The van der Waals surface area contributed by atoms with Gasteiger partial charge in [-0.05, 0) is 43.4 Å². The van der Waals surface area contributed by atoms with E-state index < -0.39 is 17.9 Å². The van der Waals surface area contributed by atoms with E-state index in [1.165, 1.54) is 23.1 Å². The van der Waals surface area contributed by atoms with Crippen molar-refractivity contribution in [2.45, 2.75) is 38.3 Å². The van der Waals surface area contributed by atoms with E-state index in [4.69, 9.17) is 11.6 Å². The molecule has 1 saturated heterocycles. The van der Waals surface area contributed by atoms with E-state index in [0.717, 1.165) is 12.8 Å². The third-order valence-corrected chi connectivity index (χ3v) is 4.30. The van der Waals surface area contributed by atoms with Gasteiger partial charge in [-0.1, -0.05) is 18.5 Å². The van der Waals surface area contributed by atoms with Gasteiger partial charge in [0.25, 0.3) is 5.91 Å². The Hall–Kier alpha value is -1.62. The van der Waals surface area contributed by atoms with Crippen molar-refractivity contribution >= 4 is 29.1 Å². The first kappa shape index (κ1) is 14.3. The zero-order chi connectivity index (χ0) is 15.1. The Kier molecular flexibility index (Phi) is 3.61. The van der Waals surface area contributed by atoms with Crippen LogP contribution < -0.4 is 10.2 Å². The van der Waals surface area contributed by atoms with E-state index >= 15 is 0 Å². The van der Waals surface area contributed by atoms with Crippen LogP contribution in [0.4, 0.5) is 10.1 Å². The van der Waals surface area contributed by atoms with Gasteiger partial charge in [0, 0.05) is 5.02 Å². The summed E-state index contributed by atoms with van der Waals surface area (Å²) in [6.07, 6.45) is 2.25. The van der Waals surface area contributed by atoms with E-state index in [-0.39, 0.29) is 23.4 Å². The molecule has 1 saturated carbocycles. The lowest BCUT2D eigenvalue weighted by atomic mass is 10.0. The van der Waals surface area contributed by atoms with Crippen LogP contribution in [0.2, 0.25) is 5.02 Å². The number of halogens is 2. The van der Waals surface area contributed by atoms with Gasteiger partial charge in [-0.3, -0.25) is 14.5 Å². The van der Waals surface area contributed by atoms with Crippen LogP contribution in [-0.4, -0.2) is 23.9 Å². The van der Waals surface area contributed by atoms with Crippen molar-refractivity contribution in [1.82, 2.24) is 5.32 Å². The van der Waals surface area contributed by atoms with Gasteiger partial charge < -0.3 is 5.32 Å². The highest BCUT2D eigenvalue weighted by molar-refractivity contribution is 6.31. The molecule has 112 valence electrons. The molecule has 1 heterocycles. The number of anilines is 1. The number of hydrogen-bond acceptors (Lipinski definition) is 2. The zero-order valence-electron chi connectivity index (χ0n) is 11.6. The Morgan fingerprint density at radius 1 is 1.38 bits per heavy atom. The molecule has 2 aliphatic rings. The van der Waals surface area contributed by atoms with Crippen LogP contribution in [0.15, 0.2) is 18.2 Å². The number of amides is 2. The number of benzene rings is 1. The largest absolute Gasteiger partial charge is 0.342 e. The molecule has 0 bridgehead atoms. The smallest absolute Gasteiger partial charge is 0.250 e. The number of nitrogens with zero attached hydrogens (tertiary/aromatic N) is 1. The van der Waals surface area contributed by atoms with Gasteiger partial charge in [0.2, 0.25) is 5.91 Å². The Bertz CT molecular complexity index is 603. The Morgan fingerprint density at radius 3 is 2.71 bits per heavy atom. The summed E-state index contributed by atoms with van der Waals surface area (Å²) in [5.41, 5.74) is 0.0832. The average Bonchev–Trinajstić information content (AvgIpc) is 3.28. The SMILES string of the molecule is CCC1C(=O)NC(C2CC2)C(=O)N1c1cc(Cl)ccc1F. The number of hydrogen-bond donors (Lipinski definition) is 1. The number of carbonyl (C=O) groups excluding carboxylic acids is 2. The first-order valence-electron chi connectivity index (χ1n) is 7.11. The van der Waals surface area contributed by atoms with Crippen molar-refractivity contribution in [2.24, 2.45) is 5.92 Å². The van der Waals surface area contributed by atoms with E-state index in [0.29, 0.717) is 11.4 Å². The highest BCUT2D eigenvalue weighted by atomic mass is 35.5. The van der Waals surface area contributed by atoms with Crippen LogP contribution in [0, 0.1) is 11.7 Å². The number of piperazine rings is 1. The molecule has 0 aromatic heterocycles. The third-order valence-electron chi connectivity index (χ3n) is 4.06. The molecule has 21 heavy (non-hydrogen) atoms. The molecule has 1 aromatic rings. The normalized spacial score (nSPS) is 26.0. The summed E-state index contributed by atoms with van der Waals surface area (Å²) < 4.78 is 14.1. The highest BCUT2D eigenvalue weighted by Gasteiger charge is 2.47. The first-order valence-corrected chi connectivity index (χ1v) is 7.49. The molecule has 0 radical (unpaired) electrons. The summed E-state index contributed by atoms with van der Waals surface area (Å²) in [5, 5.41) is 3.11. The lowest BCUT2D eigenvalue weighted by molar-refractivity contribution is -0.134. The second-order valence-electron chi connectivity index (χ2n) is 5.55. The van der Waals surface area contributed by atoms with Gasteiger partial charge in [-0.15, -0.1) is 0 Å². The van der Waals surface area contributed by atoms with Gasteiger partial charge in [-0.2, -0.15) is 0 Å². The van der Waals surface area contributed by atoms with Gasteiger partial charge >= 0.3 is 0 Å². The minimum Gasteiger partial charge on any atom is -0.342 e. The van der Waals surface area contributed by atoms with Crippen LogP contribution in [-0.2, 0) is 9.59 Å². The standard InChI is InChI=1S/C15H16ClFN2O2/c1-2-11-14(20)18-13(8-3-4-8)15(21)19(11)12-7-9(16)5-6-10(12)17/h5-8,11,13H,2-4H2,1H3,(H,18,20). The summed E-state index contributed by atoms with van der Waals surface area (Å²) in [7, 11) is 0. The monoisotopic (exact) mass is 310 g/mol. The molecule has 1 aliphatic heterocycles. The van der Waals surface area contributed by atoms with Gasteiger partial charge in [0.05, 0.1) is 5.69 Å². The third kappa shape index (κ3) is 2.50. The fourth-order valence-corrected chi connectivity index (χ4v) is 2.97. The first-order chi connectivity index (χ1) is 10.0. The second-order valence-corrected chi connectivity index (χ2v) is 5.99. The van der Waals surface area contributed by atoms with Crippen LogP contribution in [0.25, 0.3) is 0 Å². The van der Waals surface area contributed by atoms with Crippen molar-refractivity contribution in [3.8, 4) is 0 Å². The maximum absolute atomic E-state index is 14.1. The molecule has 0 spiro atoms. The molecular formula is C15H16ClFN2O2. The Balaban J connectivity index is 2.03. The van der Waals surface area contributed by atoms with Crippen molar-refractivity contribution in [3.05, 3.63) is 29.0 Å². The lowest BCUT2D eigenvalue weighted by Gasteiger charge is -2.38. The maximum Gasteiger partial charge on any atom is 0.250 e. The summed E-state index contributed by atoms with van der Waals surface area (Å²) in [6.45, 7) is 1.80. The molecule has 1 aromatic carbocycles. The molecule has 4 nitrogen and oxygen atoms in total. The zero-order valence-corrected chi connectivity index (χ0v) is 12.4. The molecule has 2 amide bonds. The molecule has 6 heteroatoms. The number of carbonyl (C=O) groups is 2. The van der Waals surface area contributed by atoms with E-state index in [2.05, 4.69) is 5.32 Å². The highest BCUT2D eigenvalue weighted by Crippen LogP contribution is 2.37. The minimum absolute atomic E-state index is 0.0832. The fourth-order valence-electron chi connectivity index (χ4n) is 2.81. The number of rotatable bonds is 3. The van der Waals surface area contributed by atoms with Crippen molar-refractivity contribution < 1.29 is 14.0 Å². The summed E-state index contributed by atoms with van der Waals surface area (Å²) >= 11 is 5.92. The molecule has 2 fully saturated rings. The van der Waals surface area contributed by atoms with Gasteiger partial charge in [0.15, 0.2) is 0 Å². The lowest BCUT2D eigenvalue weighted by Crippen LogP contribution is -2.64. The van der Waals surface area contributed by atoms with Gasteiger partial charge in [-0.25, -0.2) is 4.39 Å².